The summed E-state index contributed by atoms with van der Waals surface area (Å²) in [6.45, 7) is 5.85. The van der Waals surface area contributed by atoms with Gasteiger partial charge in [0.05, 0.1) is 0 Å². The van der Waals surface area contributed by atoms with Crippen LogP contribution >= 0.6 is 11.6 Å². The molecule has 0 N–H and O–H groups in total. The number of rotatable bonds is 4. The Labute approximate surface area is 95.2 Å². The van der Waals surface area contributed by atoms with Gasteiger partial charge < -0.3 is 4.74 Å². The van der Waals surface area contributed by atoms with Crippen molar-refractivity contribution in [2.45, 2.75) is 33.3 Å². The van der Waals surface area contributed by atoms with Crippen molar-refractivity contribution in [3.63, 3.8) is 0 Å². The van der Waals surface area contributed by atoms with Gasteiger partial charge in [-0.05, 0) is 55.1 Å². The lowest BCUT2D eigenvalue weighted by molar-refractivity contribution is -0.117. The van der Waals surface area contributed by atoms with Gasteiger partial charge in [-0.15, -0.1) is 0 Å². The molecule has 0 saturated heterocycles. The molecule has 0 aliphatic carbocycles. The summed E-state index contributed by atoms with van der Waals surface area (Å²) in [7, 11) is 0. The standard InChI is InChI=1S/C12H15ClO2/c1-4-11(12(13)14)15-10-6-8(2)5-9(3)7-10/h5-7,11H,4H2,1-3H3. The van der Waals surface area contributed by atoms with Gasteiger partial charge in [-0.1, -0.05) is 13.0 Å². The van der Waals surface area contributed by atoms with Crippen LogP contribution in [0, 0.1) is 13.8 Å². The van der Waals surface area contributed by atoms with Crippen molar-refractivity contribution in [3.05, 3.63) is 29.3 Å². The summed E-state index contributed by atoms with van der Waals surface area (Å²) in [4.78, 5) is 11.0. The maximum Gasteiger partial charge on any atom is 0.262 e. The van der Waals surface area contributed by atoms with E-state index in [1.165, 1.54) is 0 Å². The molecule has 0 aromatic heterocycles. The molecule has 0 fully saturated rings. The first kappa shape index (κ1) is 12.1. The number of hydrogen-bond donors (Lipinski definition) is 0. The molecule has 1 atom stereocenters. The molecule has 1 unspecified atom stereocenters. The van der Waals surface area contributed by atoms with Crippen LogP contribution in [0.3, 0.4) is 0 Å². The lowest BCUT2D eigenvalue weighted by Gasteiger charge is -2.14. The molecule has 0 aliphatic rings. The maximum absolute atomic E-state index is 11.0. The van der Waals surface area contributed by atoms with Gasteiger partial charge in [0, 0.05) is 0 Å². The normalized spacial score (nSPS) is 12.3. The predicted octanol–water partition coefficient (Wildman–Crippen LogP) is 3.23. The summed E-state index contributed by atoms with van der Waals surface area (Å²) in [6, 6.07) is 5.85. The molecular weight excluding hydrogens is 212 g/mol. The first-order valence-corrected chi connectivity index (χ1v) is 5.35. The Hall–Kier alpha value is -1.02. The van der Waals surface area contributed by atoms with Gasteiger partial charge >= 0.3 is 0 Å². The van der Waals surface area contributed by atoms with E-state index >= 15 is 0 Å². The fourth-order valence-electron chi connectivity index (χ4n) is 1.46. The smallest absolute Gasteiger partial charge is 0.262 e. The minimum atomic E-state index is -0.548. The summed E-state index contributed by atoms with van der Waals surface area (Å²) in [5, 5.41) is -0.448. The van der Waals surface area contributed by atoms with Crippen molar-refractivity contribution in [2.75, 3.05) is 0 Å². The van der Waals surface area contributed by atoms with Crippen molar-refractivity contribution in [2.24, 2.45) is 0 Å². The molecule has 1 aromatic rings. The van der Waals surface area contributed by atoms with Crippen LogP contribution in [0.25, 0.3) is 0 Å². The number of carbonyl (C=O) groups is 1. The zero-order chi connectivity index (χ0) is 11.4. The molecule has 1 aromatic carbocycles. The second kappa shape index (κ2) is 5.17. The molecule has 1 rings (SSSR count). The summed E-state index contributed by atoms with van der Waals surface area (Å²) >= 11 is 5.41. The highest BCUT2D eigenvalue weighted by molar-refractivity contribution is 6.64. The van der Waals surface area contributed by atoms with E-state index in [4.69, 9.17) is 16.3 Å². The third-order valence-corrected chi connectivity index (χ3v) is 2.34. The van der Waals surface area contributed by atoms with E-state index in [1.807, 2.05) is 32.9 Å². The molecule has 82 valence electrons. The Bertz CT molecular complexity index is 340. The number of halogens is 1. The van der Waals surface area contributed by atoms with Gasteiger partial charge in [-0.3, -0.25) is 4.79 Å². The first-order valence-electron chi connectivity index (χ1n) is 4.97. The number of benzene rings is 1. The van der Waals surface area contributed by atoms with E-state index in [2.05, 4.69) is 6.07 Å². The Balaban J connectivity index is 2.83. The molecule has 0 saturated carbocycles. The van der Waals surface area contributed by atoms with Crippen LogP contribution in [0.5, 0.6) is 5.75 Å². The summed E-state index contributed by atoms with van der Waals surface area (Å²) in [5.74, 6) is 0.702. The van der Waals surface area contributed by atoms with Crippen LogP contribution in [-0.4, -0.2) is 11.3 Å². The molecule has 0 bridgehead atoms. The van der Waals surface area contributed by atoms with E-state index < -0.39 is 11.3 Å². The predicted molar refractivity (Wildman–Crippen MR) is 61.5 cm³/mol. The number of carbonyl (C=O) groups excluding carboxylic acids is 1. The van der Waals surface area contributed by atoms with Crippen LogP contribution < -0.4 is 4.74 Å². The number of aryl methyl sites for hydroxylation is 2. The molecule has 2 nitrogen and oxygen atoms in total. The van der Waals surface area contributed by atoms with Crippen LogP contribution in [0.1, 0.15) is 24.5 Å². The monoisotopic (exact) mass is 226 g/mol. The fourth-order valence-corrected chi connectivity index (χ4v) is 1.65. The zero-order valence-corrected chi connectivity index (χ0v) is 9.97. The lowest BCUT2D eigenvalue weighted by atomic mass is 10.1. The van der Waals surface area contributed by atoms with E-state index in [9.17, 15) is 4.79 Å². The van der Waals surface area contributed by atoms with E-state index in [1.54, 1.807) is 0 Å². The Kier molecular flexibility index (Phi) is 4.15. The van der Waals surface area contributed by atoms with Gasteiger partial charge in [-0.2, -0.15) is 0 Å². The Morgan fingerprint density at radius 3 is 2.27 bits per heavy atom. The highest BCUT2D eigenvalue weighted by Crippen LogP contribution is 2.19. The molecular formula is C12H15ClO2. The quantitative estimate of drug-likeness (QED) is 0.737. The molecule has 0 amide bonds. The first-order chi connectivity index (χ1) is 7.02. The van der Waals surface area contributed by atoms with Crippen molar-refractivity contribution < 1.29 is 9.53 Å². The topological polar surface area (TPSA) is 26.3 Å². The largest absolute Gasteiger partial charge is 0.481 e. The minimum absolute atomic E-state index is 0.448. The van der Waals surface area contributed by atoms with Gasteiger partial charge in [0.2, 0.25) is 0 Å². The van der Waals surface area contributed by atoms with E-state index in [0.717, 1.165) is 11.1 Å². The molecule has 3 heteroatoms. The molecule has 0 radical (unpaired) electrons. The van der Waals surface area contributed by atoms with Gasteiger partial charge in [-0.25, -0.2) is 0 Å². The molecule has 0 heterocycles. The minimum Gasteiger partial charge on any atom is -0.481 e. The average Bonchev–Trinajstić information content (AvgIpc) is 2.12. The summed E-state index contributed by atoms with van der Waals surface area (Å²) in [5.41, 5.74) is 2.23. The Morgan fingerprint density at radius 2 is 1.87 bits per heavy atom. The molecule has 0 spiro atoms. The lowest BCUT2D eigenvalue weighted by Crippen LogP contribution is -2.22. The SMILES string of the molecule is CCC(Oc1cc(C)cc(C)c1)C(=O)Cl. The summed E-state index contributed by atoms with van der Waals surface area (Å²) in [6.07, 6.45) is 0.0304. The van der Waals surface area contributed by atoms with Crippen molar-refractivity contribution in [3.8, 4) is 5.75 Å². The Morgan fingerprint density at radius 1 is 1.33 bits per heavy atom. The summed E-state index contributed by atoms with van der Waals surface area (Å²) < 4.78 is 5.51. The average molecular weight is 227 g/mol. The van der Waals surface area contributed by atoms with Gasteiger partial charge in [0.25, 0.3) is 5.24 Å². The van der Waals surface area contributed by atoms with Crippen LogP contribution in [0.2, 0.25) is 0 Å². The van der Waals surface area contributed by atoms with Gasteiger partial charge in [0.1, 0.15) is 5.75 Å². The second-order valence-corrected chi connectivity index (χ2v) is 4.01. The highest BCUT2D eigenvalue weighted by Gasteiger charge is 2.15. The highest BCUT2D eigenvalue weighted by atomic mass is 35.5. The zero-order valence-electron chi connectivity index (χ0n) is 9.21. The van der Waals surface area contributed by atoms with Crippen molar-refractivity contribution in [1.29, 1.82) is 0 Å². The van der Waals surface area contributed by atoms with E-state index in [0.29, 0.717) is 12.2 Å². The van der Waals surface area contributed by atoms with Crippen LogP contribution in [0.4, 0.5) is 0 Å². The molecule has 0 aliphatic heterocycles. The maximum atomic E-state index is 11.0. The third-order valence-electron chi connectivity index (χ3n) is 2.10. The van der Waals surface area contributed by atoms with Crippen LogP contribution in [-0.2, 0) is 4.79 Å². The van der Waals surface area contributed by atoms with Gasteiger partial charge in [0.15, 0.2) is 6.10 Å². The fraction of sp³-hybridized carbons (Fsp3) is 0.417. The van der Waals surface area contributed by atoms with E-state index in [-0.39, 0.29) is 0 Å². The second-order valence-electron chi connectivity index (χ2n) is 3.64. The van der Waals surface area contributed by atoms with Crippen molar-refractivity contribution in [1.82, 2.24) is 0 Å². The number of hydrogen-bond acceptors (Lipinski definition) is 2. The van der Waals surface area contributed by atoms with Crippen LogP contribution in [0.15, 0.2) is 18.2 Å². The van der Waals surface area contributed by atoms with Crippen molar-refractivity contribution >= 4 is 16.8 Å². The molecule has 15 heavy (non-hydrogen) atoms. The third kappa shape index (κ3) is 3.56. The number of ether oxygens (including phenoxy) is 1.